The second-order valence-electron chi connectivity index (χ2n) is 5.40. The van der Waals surface area contributed by atoms with Gasteiger partial charge in [0.2, 0.25) is 15.9 Å². The van der Waals surface area contributed by atoms with E-state index >= 15 is 0 Å². The molecule has 6 nitrogen and oxygen atoms in total. The topological polar surface area (TPSA) is 92.5 Å². The van der Waals surface area contributed by atoms with Gasteiger partial charge in [0.25, 0.3) is 0 Å². The Morgan fingerprint density at radius 3 is 2.45 bits per heavy atom. The van der Waals surface area contributed by atoms with Crippen molar-refractivity contribution in [3.63, 3.8) is 0 Å². The molecule has 22 heavy (non-hydrogen) atoms. The molecule has 0 radical (unpaired) electrons. The summed E-state index contributed by atoms with van der Waals surface area (Å²) >= 11 is 0. The van der Waals surface area contributed by atoms with Gasteiger partial charge in [-0.25, -0.2) is 12.7 Å². The molecule has 0 fully saturated rings. The quantitative estimate of drug-likeness (QED) is 0.686. The van der Waals surface area contributed by atoms with Crippen LogP contribution in [0.2, 0.25) is 0 Å². The van der Waals surface area contributed by atoms with E-state index in [0.717, 1.165) is 5.56 Å². The standard InChI is InChI=1S/C15H25N3O3S/c1-4-22(20,21)18(3)12-8-11-17-14(19)15(2,16)13-9-6-5-7-10-13/h5-7,9-10H,4,8,11-12,16H2,1-3H3,(H,17,19). The van der Waals surface area contributed by atoms with Crippen molar-refractivity contribution in [2.75, 3.05) is 25.9 Å². The van der Waals surface area contributed by atoms with Gasteiger partial charge in [0.05, 0.1) is 5.75 Å². The monoisotopic (exact) mass is 327 g/mol. The number of amides is 1. The predicted molar refractivity (Wildman–Crippen MR) is 87.7 cm³/mol. The third kappa shape index (κ3) is 4.79. The summed E-state index contributed by atoms with van der Waals surface area (Å²) in [7, 11) is -1.64. The Morgan fingerprint density at radius 2 is 1.91 bits per heavy atom. The number of rotatable bonds is 8. The molecule has 1 unspecified atom stereocenters. The molecule has 1 atom stereocenters. The lowest BCUT2D eigenvalue weighted by Crippen LogP contribution is -2.49. The Hall–Kier alpha value is -1.44. The maximum Gasteiger partial charge on any atom is 0.244 e. The summed E-state index contributed by atoms with van der Waals surface area (Å²) in [6, 6.07) is 9.14. The van der Waals surface area contributed by atoms with Crippen LogP contribution in [0.3, 0.4) is 0 Å². The van der Waals surface area contributed by atoms with Gasteiger partial charge in [-0.15, -0.1) is 0 Å². The van der Waals surface area contributed by atoms with Crippen molar-refractivity contribution in [3.05, 3.63) is 35.9 Å². The first-order valence-electron chi connectivity index (χ1n) is 7.28. The van der Waals surface area contributed by atoms with Gasteiger partial charge in [0.15, 0.2) is 0 Å². The molecule has 0 aromatic heterocycles. The second kappa shape index (κ2) is 7.71. The maximum absolute atomic E-state index is 12.2. The fourth-order valence-corrected chi connectivity index (χ4v) is 2.81. The van der Waals surface area contributed by atoms with Crippen LogP contribution in [0.1, 0.15) is 25.8 Å². The summed E-state index contributed by atoms with van der Waals surface area (Å²) in [6.45, 7) is 4.00. The fourth-order valence-electron chi connectivity index (χ4n) is 1.96. The van der Waals surface area contributed by atoms with Gasteiger partial charge in [-0.1, -0.05) is 30.3 Å². The summed E-state index contributed by atoms with van der Waals surface area (Å²) in [5, 5.41) is 2.76. The zero-order valence-corrected chi connectivity index (χ0v) is 14.2. The molecule has 0 spiro atoms. The van der Waals surface area contributed by atoms with Crippen molar-refractivity contribution in [2.24, 2.45) is 5.73 Å². The number of hydrogen-bond donors (Lipinski definition) is 2. The maximum atomic E-state index is 12.2. The van der Waals surface area contributed by atoms with Crippen molar-refractivity contribution in [1.82, 2.24) is 9.62 Å². The summed E-state index contributed by atoms with van der Waals surface area (Å²) in [4.78, 5) is 12.2. The van der Waals surface area contributed by atoms with Crippen LogP contribution < -0.4 is 11.1 Å². The third-order valence-electron chi connectivity index (χ3n) is 3.62. The Balaban J connectivity index is 2.47. The number of hydrogen-bond acceptors (Lipinski definition) is 4. The van der Waals surface area contributed by atoms with Crippen LogP contribution in [-0.2, 0) is 20.4 Å². The van der Waals surface area contributed by atoms with E-state index in [2.05, 4.69) is 5.32 Å². The van der Waals surface area contributed by atoms with Crippen LogP contribution >= 0.6 is 0 Å². The largest absolute Gasteiger partial charge is 0.354 e. The highest BCUT2D eigenvalue weighted by molar-refractivity contribution is 7.89. The highest BCUT2D eigenvalue weighted by Crippen LogP contribution is 2.17. The number of sulfonamides is 1. The molecular weight excluding hydrogens is 302 g/mol. The zero-order chi connectivity index (χ0) is 16.8. The van der Waals surface area contributed by atoms with Gasteiger partial charge < -0.3 is 11.1 Å². The molecule has 0 aliphatic rings. The molecule has 7 heteroatoms. The highest BCUT2D eigenvalue weighted by atomic mass is 32.2. The molecule has 1 rings (SSSR count). The molecule has 1 aromatic carbocycles. The Bertz CT molecular complexity index is 585. The number of carbonyl (C=O) groups is 1. The van der Waals surface area contributed by atoms with E-state index in [-0.39, 0.29) is 11.7 Å². The molecule has 0 aliphatic heterocycles. The second-order valence-corrected chi connectivity index (χ2v) is 7.76. The number of nitrogens with one attached hydrogen (secondary N) is 1. The van der Waals surface area contributed by atoms with Crippen molar-refractivity contribution < 1.29 is 13.2 Å². The van der Waals surface area contributed by atoms with Crippen LogP contribution in [0.15, 0.2) is 30.3 Å². The van der Waals surface area contributed by atoms with Gasteiger partial charge in [-0.2, -0.15) is 0 Å². The van der Waals surface area contributed by atoms with E-state index in [0.29, 0.717) is 19.5 Å². The average molecular weight is 327 g/mol. The first-order valence-corrected chi connectivity index (χ1v) is 8.89. The van der Waals surface area contributed by atoms with Crippen molar-refractivity contribution >= 4 is 15.9 Å². The lowest BCUT2D eigenvalue weighted by Gasteiger charge is -2.24. The third-order valence-corrected chi connectivity index (χ3v) is 5.48. The summed E-state index contributed by atoms with van der Waals surface area (Å²) in [5.74, 6) is -0.204. The molecule has 0 saturated heterocycles. The van der Waals surface area contributed by atoms with Crippen LogP contribution in [0.5, 0.6) is 0 Å². The van der Waals surface area contributed by atoms with Gasteiger partial charge in [-0.3, -0.25) is 4.79 Å². The first-order chi connectivity index (χ1) is 10.2. The van der Waals surface area contributed by atoms with E-state index in [1.807, 2.05) is 18.2 Å². The average Bonchev–Trinajstić information content (AvgIpc) is 2.51. The van der Waals surface area contributed by atoms with E-state index in [4.69, 9.17) is 5.73 Å². The van der Waals surface area contributed by atoms with Gasteiger partial charge in [-0.05, 0) is 25.8 Å². The van der Waals surface area contributed by atoms with Crippen LogP contribution in [0.25, 0.3) is 0 Å². The van der Waals surface area contributed by atoms with Crippen LogP contribution in [0, 0.1) is 0 Å². The van der Waals surface area contributed by atoms with Gasteiger partial charge >= 0.3 is 0 Å². The van der Waals surface area contributed by atoms with Crippen molar-refractivity contribution in [2.45, 2.75) is 25.8 Å². The van der Waals surface area contributed by atoms with Crippen LogP contribution in [-0.4, -0.2) is 44.5 Å². The highest BCUT2D eigenvalue weighted by Gasteiger charge is 2.29. The lowest BCUT2D eigenvalue weighted by molar-refractivity contribution is -0.126. The van der Waals surface area contributed by atoms with Crippen molar-refractivity contribution in [1.29, 1.82) is 0 Å². The zero-order valence-electron chi connectivity index (χ0n) is 13.4. The predicted octanol–water partition coefficient (Wildman–Crippen LogP) is 0.648. The molecule has 0 bridgehead atoms. The summed E-state index contributed by atoms with van der Waals surface area (Å²) < 4.78 is 24.5. The number of carbonyl (C=O) groups excluding carboxylic acids is 1. The molecule has 1 aromatic rings. The SMILES string of the molecule is CCS(=O)(=O)N(C)CCCNC(=O)C(C)(N)c1ccccc1. The minimum absolute atomic E-state index is 0.0741. The number of nitrogens with two attached hydrogens (primary N) is 1. The minimum Gasteiger partial charge on any atom is -0.354 e. The molecular formula is C15H25N3O3S. The Kier molecular flexibility index (Phi) is 6.52. The van der Waals surface area contributed by atoms with E-state index < -0.39 is 15.6 Å². The smallest absolute Gasteiger partial charge is 0.244 e. The summed E-state index contributed by atoms with van der Waals surface area (Å²) in [6.07, 6.45) is 0.534. The van der Waals surface area contributed by atoms with E-state index in [9.17, 15) is 13.2 Å². The Morgan fingerprint density at radius 1 is 1.32 bits per heavy atom. The van der Waals surface area contributed by atoms with Crippen molar-refractivity contribution in [3.8, 4) is 0 Å². The summed E-state index contributed by atoms with van der Waals surface area (Å²) in [5.41, 5.74) is 5.72. The molecule has 0 saturated carbocycles. The van der Waals surface area contributed by atoms with Gasteiger partial charge in [0.1, 0.15) is 5.54 Å². The van der Waals surface area contributed by atoms with Crippen LogP contribution in [0.4, 0.5) is 0 Å². The Labute approximate surface area is 132 Å². The molecule has 1 amide bonds. The molecule has 0 aliphatic carbocycles. The minimum atomic E-state index is -3.17. The fraction of sp³-hybridized carbons (Fsp3) is 0.533. The van der Waals surface area contributed by atoms with Gasteiger partial charge in [0, 0.05) is 20.1 Å². The lowest BCUT2D eigenvalue weighted by atomic mass is 9.92. The normalized spacial score (nSPS) is 14.6. The molecule has 0 heterocycles. The molecule has 124 valence electrons. The number of nitrogens with zero attached hydrogens (tertiary/aromatic N) is 1. The molecule has 3 N–H and O–H groups in total. The number of benzene rings is 1. The van der Waals surface area contributed by atoms with E-state index in [1.165, 1.54) is 11.4 Å². The van der Waals surface area contributed by atoms with E-state index in [1.54, 1.807) is 26.0 Å². The first kappa shape index (κ1) is 18.6.